The summed E-state index contributed by atoms with van der Waals surface area (Å²) >= 11 is 6.14. The highest BCUT2D eigenvalue weighted by Gasteiger charge is 2.12. The van der Waals surface area contributed by atoms with Crippen molar-refractivity contribution in [2.45, 2.75) is 13.8 Å². The molecule has 0 saturated carbocycles. The van der Waals surface area contributed by atoms with Gasteiger partial charge in [0.25, 0.3) is 0 Å². The summed E-state index contributed by atoms with van der Waals surface area (Å²) in [5.41, 5.74) is 2.76. The average Bonchev–Trinajstić information content (AvgIpc) is 2.66. The maximum Gasteiger partial charge on any atom is 0.164 e. The van der Waals surface area contributed by atoms with Crippen LogP contribution in [0.1, 0.15) is 19.7 Å². The summed E-state index contributed by atoms with van der Waals surface area (Å²) in [6.07, 6.45) is 5.96. The molecule has 0 radical (unpaired) electrons. The van der Waals surface area contributed by atoms with Crippen molar-refractivity contribution >= 4 is 17.2 Å². The second-order valence-corrected chi connectivity index (χ2v) is 5.86. The lowest BCUT2D eigenvalue weighted by Gasteiger charge is -2.08. The molecule has 4 heteroatoms. The largest absolute Gasteiger partial charge is 0.208 e. The molecular formula is C21H18ClN3. The van der Waals surface area contributed by atoms with E-state index in [1.165, 1.54) is 0 Å². The Hall–Kier alpha value is -2.78. The van der Waals surface area contributed by atoms with Gasteiger partial charge in [-0.3, -0.25) is 0 Å². The normalized spacial score (nSPS) is 11.9. The van der Waals surface area contributed by atoms with Crippen molar-refractivity contribution in [3.05, 3.63) is 83.7 Å². The Kier molecular flexibility index (Phi) is 5.36. The van der Waals surface area contributed by atoms with E-state index in [-0.39, 0.29) is 0 Å². The fourth-order valence-electron chi connectivity index (χ4n) is 2.46. The standard InChI is InChI=1S/C21H18ClN3/c1-3-9-15(4-2)19-23-20(16-10-6-5-7-11-16)25-21(24-19)17-12-8-13-18(22)14-17/h3-14H,1-2H3/b9-3-,15-4+. The topological polar surface area (TPSA) is 38.7 Å². The van der Waals surface area contributed by atoms with Gasteiger partial charge >= 0.3 is 0 Å². The first kappa shape index (κ1) is 17.1. The Morgan fingerprint density at radius 1 is 0.840 bits per heavy atom. The molecule has 0 aliphatic carbocycles. The Bertz CT molecular complexity index is 931. The number of hydrogen-bond acceptors (Lipinski definition) is 3. The lowest BCUT2D eigenvalue weighted by molar-refractivity contribution is 1.04. The van der Waals surface area contributed by atoms with Crippen LogP contribution in [-0.4, -0.2) is 15.0 Å². The van der Waals surface area contributed by atoms with Crippen LogP contribution >= 0.6 is 11.6 Å². The van der Waals surface area contributed by atoms with Crippen LogP contribution in [0.15, 0.2) is 72.8 Å². The molecule has 1 aromatic heterocycles. The van der Waals surface area contributed by atoms with Crippen LogP contribution in [0.5, 0.6) is 0 Å². The first-order valence-corrected chi connectivity index (χ1v) is 8.46. The molecule has 3 rings (SSSR count). The first-order valence-electron chi connectivity index (χ1n) is 8.08. The van der Waals surface area contributed by atoms with Crippen LogP contribution in [0.3, 0.4) is 0 Å². The lowest BCUT2D eigenvalue weighted by atomic mass is 10.1. The van der Waals surface area contributed by atoms with E-state index >= 15 is 0 Å². The third kappa shape index (κ3) is 4.01. The Balaban J connectivity index is 2.21. The summed E-state index contributed by atoms with van der Waals surface area (Å²) < 4.78 is 0. The fraction of sp³-hybridized carbons (Fsp3) is 0.0952. The molecule has 0 amide bonds. The molecule has 0 spiro atoms. The Morgan fingerprint density at radius 3 is 2.16 bits per heavy atom. The maximum atomic E-state index is 6.14. The fourth-order valence-corrected chi connectivity index (χ4v) is 2.65. The quantitative estimate of drug-likeness (QED) is 0.556. The predicted molar refractivity (Wildman–Crippen MR) is 104 cm³/mol. The third-order valence-electron chi connectivity index (χ3n) is 3.67. The molecule has 0 atom stereocenters. The van der Waals surface area contributed by atoms with Gasteiger partial charge in [-0.05, 0) is 26.0 Å². The summed E-state index contributed by atoms with van der Waals surface area (Å²) in [7, 11) is 0. The monoisotopic (exact) mass is 347 g/mol. The number of nitrogens with zero attached hydrogens (tertiary/aromatic N) is 3. The molecule has 0 bridgehead atoms. The first-order chi connectivity index (χ1) is 12.2. The minimum Gasteiger partial charge on any atom is -0.208 e. The summed E-state index contributed by atoms with van der Waals surface area (Å²) in [4.78, 5) is 14.0. The summed E-state index contributed by atoms with van der Waals surface area (Å²) in [5.74, 6) is 1.89. The van der Waals surface area contributed by atoms with Gasteiger partial charge in [-0.25, -0.2) is 15.0 Å². The number of hydrogen-bond donors (Lipinski definition) is 0. The predicted octanol–water partition coefficient (Wildman–Crippen LogP) is 5.84. The van der Waals surface area contributed by atoms with Gasteiger partial charge < -0.3 is 0 Å². The molecule has 0 N–H and O–H groups in total. The number of rotatable bonds is 4. The molecule has 0 saturated heterocycles. The van der Waals surface area contributed by atoms with Crippen LogP contribution in [-0.2, 0) is 0 Å². The number of halogens is 1. The highest BCUT2D eigenvalue weighted by molar-refractivity contribution is 6.30. The molecule has 2 aromatic carbocycles. The highest BCUT2D eigenvalue weighted by Crippen LogP contribution is 2.24. The van der Waals surface area contributed by atoms with Crippen LogP contribution in [0.4, 0.5) is 0 Å². The smallest absolute Gasteiger partial charge is 0.164 e. The minimum absolute atomic E-state index is 0.607. The molecule has 0 aliphatic rings. The molecule has 124 valence electrons. The van der Waals surface area contributed by atoms with Crippen LogP contribution in [0, 0.1) is 0 Å². The van der Waals surface area contributed by atoms with Gasteiger partial charge in [0.1, 0.15) is 0 Å². The Morgan fingerprint density at radius 2 is 1.52 bits per heavy atom. The summed E-state index contributed by atoms with van der Waals surface area (Å²) in [5, 5.41) is 0.653. The summed E-state index contributed by atoms with van der Waals surface area (Å²) in [6, 6.07) is 17.4. The second-order valence-electron chi connectivity index (χ2n) is 5.43. The van der Waals surface area contributed by atoms with Crippen molar-refractivity contribution in [1.82, 2.24) is 15.0 Å². The zero-order chi connectivity index (χ0) is 17.6. The van der Waals surface area contributed by atoms with Gasteiger partial charge in [0.15, 0.2) is 17.5 Å². The van der Waals surface area contributed by atoms with Crippen molar-refractivity contribution in [2.75, 3.05) is 0 Å². The van der Waals surface area contributed by atoms with Gasteiger partial charge in [-0.15, -0.1) is 0 Å². The molecular weight excluding hydrogens is 330 g/mol. The zero-order valence-electron chi connectivity index (χ0n) is 14.1. The number of aromatic nitrogens is 3. The van der Waals surface area contributed by atoms with E-state index in [4.69, 9.17) is 11.6 Å². The molecule has 0 aliphatic heterocycles. The van der Waals surface area contributed by atoms with Crippen LogP contribution in [0.2, 0.25) is 5.02 Å². The van der Waals surface area contributed by atoms with E-state index in [2.05, 4.69) is 15.0 Å². The molecule has 1 heterocycles. The second kappa shape index (κ2) is 7.86. The van der Waals surface area contributed by atoms with Crippen LogP contribution in [0.25, 0.3) is 28.3 Å². The van der Waals surface area contributed by atoms with E-state index in [0.717, 1.165) is 16.7 Å². The molecule has 0 fully saturated rings. The number of allylic oxidation sites excluding steroid dienone is 4. The van der Waals surface area contributed by atoms with Crippen molar-refractivity contribution in [2.24, 2.45) is 0 Å². The maximum absolute atomic E-state index is 6.14. The highest BCUT2D eigenvalue weighted by atomic mass is 35.5. The van der Waals surface area contributed by atoms with E-state index in [1.807, 2.05) is 86.7 Å². The Labute approximate surface area is 152 Å². The van der Waals surface area contributed by atoms with Gasteiger partial charge in [0.2, 0.25) is 0 Å². The SMILES string of the molecule is C/C=C\C(=C/C)c1nc(-c2ccccc2)nc(-c2cccc(Cl)c2)n1. The van der Waals surface area contributed by atoms with Crippen molar-refractivity contribution in [3.8, 4) is 22.8 Å². The van der Waals surface area contributed by atoms with Crippen molar-refractivity contribution < 1.29 is 0 Å². The average molecular weight is 348 g/mol. The van der Waals surface area contributed by atoms with E-state index < -0.39 is 0 Å². The van der Waals surface area contributed by atoms with Crippen LogP contribution < -0.4 is 0 Å². The third-order valence-corrected chi connectivity index (χ3v) is 3.90. The minimum atomic E-state index is 0.607. The molecule has 25 heavy (non-hydrogen) atoms. The zero-order valence-corrected chi connectivity index (χ0v) is 14.9. The van der Waals surface area contributed by atoms with Crippen molar-refractivity contribution in [3.63, 3.8) is 0 Å². The van der Waals surface area contributed by atoms with E-state index in [0.29, 0.717) is 22.5 Å². The van der Waals surface area contributed by atoms with Crippen molar-refractivity contribution in [1.29, 1.82) is 0 Å². The summed E-state index contributed by atoms with van der Waals surface area (Å²) in [6.45, 7) is 3.95. The van der Waals surface area contributed by atoms with Gasteiger partial charge in [-0.1, -0.05) is 72.3 Å². The van der Waals surface area contributed by atoms with Gasteiger partial charge in [0.05, 0.1) is 0 Å². The molecule has 3 aromatic rings. The van der Waals surface area contributed by atoms with Gasteiger partial charge in [0, 0.05) is 21.7 Å². The molecule has 3 nitrogen and oxygen atoms in total. The van der Waals surface area contributed by atoms with E-state index in [1.54, 1.807) is 0 Å². The lowest BCUT2D eigenvalue weighted by Crippen LogP contribution is -2.02. The van der Waals surface area contributed by atoms with Gasteiger partial charge in [-0.2, -0.15) is 0 Å². The number of benzene rings is 2. The molecule has 0 unspecified atom stereocenters. The van der Waals surface area contributed by atoms with E-state index in [9.17, 15) is 0 Å².